The highest BCUT2D eigenvalue weighted by Crippen LogP contribution is 2.31. The lowest BCUT2D eigenvalue weighted by Gasteiger charge is -2.16. The molecule has 0 unspecified atom stereocenters. The van der Waals surface area contributed by atoms with Crippen LogP contribution in [0.1, 0.15) is 23.9 Å². The summed E-state index contributed by atoms with van der Waals surface area (Å²) in [6, 6.07) is 8.04. The first kappa shape index (κ1) is 13.8. The van der Waals surface area contributed by atoms with Crippen LogP contribution >= 0.6 is 11.6 Å². The summed E-state index contributed by atoms with van der Waals surface area (Å²) in [5.74, 6) is -0.506. The van der Waals surface area contributed by atoms with Crippen molar-refractivity contribution in [1.82, 2.24) is 9.78 Å². The molecule has 0 radical (unpaired) electrons. The zero-order valence-electron chi connectivity index (χ0n) is 11.7. The van der Waals surface area contributed by atoms with E-state index in [1.54, 1.807) is 28.9 Å². The van der Waals surface area contributed by atoms with Crippen LogP contribution in [0.2, 0.25) is 5.02 Å². The van der Waals surface area contributed by atoms with E-state index in [-0.39, 0.29) is 18.2 Å². The smallest absolute Gasteiger partial charge is 0.259 e. The SMILES string of the molecule is Cc1cc(C)n([C@@H]2CC(=O)N(c3cccc(Cl)c3)C2=O)n1. The van der Waals surface area contributed by atoms with Crippen LogP contribution in [0.3, 0.4) is 0 Å². The van der Waals surface area contributed by atoms with Gasteiger partial charge in [0.1, 0.15) is 6.04 Å². The molecule has 2 heterocycles. The minimum atomic E-state index is -0.579. The maximum atomic E-state index is 12.6. The fourth-order valence-electron chi connectivity index (χ4n) is 2.66. The van der Waals surface area contributed by atoms with E-state index in [0.717, 1.165) is 11.4 Å². The Balaban J connectivity index is 1.98. The van der Waals surface area contributed by atoms with Gasteiger partial charge in [0.15, 0.2) is 0 Å². The van der Waals surface area contributed by atoms with Crippen LogP contribution in [-0.4, -0.2) is 21.6 Å². The van der Waals surface area contributed by atoms with Gasteiger partial charge < -0.3 is 0 Å². The Hall–Kier alpha value is -2.14. The third kappa shape index (κ3) is 2.34. The second kappa shape index (κ2) is 5.00. The van der Waals surface area contributed by atoms with Gasteiger partial charge in [-0.2, -0.15) is 5.10 Å². The summed E-state index contributed by atoms with van der Waals surface area (Å²) in [7, 11) is 0. The number of imide groups is 1. The lowest BCUT2D eigenvalue weighted by Crippen LogP contribution is -2.31. The van der Waals surface area contributed by atoms with E-state index in [1.807, 2.05) is 19.9 Å². The number of hydrogen-bond acceptors (Lipinski definition) is 3. The molecule has 1 aliphatic heterocycles. The average Bonchev–Trinajstić information content (AvgIpc) is 2.89. The number of benzene rings is 1. The lowest BCUT2D eigenvalue weighted by atomic mass is 10.2. The molecule has 108 valence electrons. The second-order valence-electron chi connectivity index (χ2n) is 5.14. The highest BCUT2D eigenvalue weighted by Gasteiger charge is 2.41. The van der Waals surface area contributed by atoms with E-state index in [0.29, 0.717) is 10.7 Å². The van der Waals surface area contributed by atoms with Crippen molar-refractivity contribution >= 4 is 29.1 Å². The van der Waals surface area contributed by atoms with Crippen LogP contribution in [-0.2, 0) is 9.59 Å². The van der Waals surface area contributed by atoms with Crippen molar-refractivity contribution in [3.63, 3.8) is 0 Å². The van der Waals surface area contributed by atoms with E-state index in [9.17, 15) is 9.59 Å². The molecule has 5 nitrogen and oxygen atoms in total. The van der Waals surface area contributed by atoms with E-state index < -0.39 is 6.04 Å². The Morgan fingerprint density at radius 2 is 2.00 bits per heavy atom. The van der Waals surface area contributed by atoms with Gasteiger partial charge in [-0.25, -0.2) is 4.90 Å². The first-order valence-corrected chi connectivity index (χ1v) is 7.00. The molecule has 3 rings (SSSR count). The molecule has 1 aromatic carbocycles. The van der Waals surface area contributed by atoms with Gasteiger partial charge in [0.05, 0.1) is 17.8 Å². The van der Waals surface area contributed by atoms with Gasteiger partial charge in [-0.1, -0.05) is 17.7 Å². The standard InChI is InChI=1S/C15H14ClN3O2/c1-9-6-10(2)19(17-9)13-8-14(20)18(15(13)21)12-5-3-4-11(16)7-12/h3-7,13H,8H2,1-2H3/t13-/m1/s1. The Morgan fingerprint density at radius 1 is 1.24 bits per heavy atom. The third-order valence-electron chi connectivity index (χ3n) is 3.53. The summed E-state index contributed by atoms with van der Waals surface area (Å²) < 4.78 is 1.63. The third-order valence-corrected chi connectivity index (χ3v) is 3.76. The Morgan fingerprint density at radius 3 is 2.62 bits per heavy atom. The Labute approximate surface area is 127 Å². The van der Waals surface area contributed by atoms with E-state index in [1.165, 1.54) is 4.90 Å². The van der Waals surface area contributed by atoms with Gasteiger partial charge in [-0.05, 0) is 38.1 Å². The Bertz CT molecular complexity index is 738. The number of amides is 2. The van der Waals surface area contributed by atoms with Crippen molar-refractivity contribution in [2.24, 2.45) is 0 Å². The number of carbonyl (C=O) groups excluding carboxylic acids is 2. The molecule has 0 aliphatic carbocycles. The van der Waals surface area contributed by atoms with Crippen molar-refractivity contribution in [3.8, 4) is 0 Å². The summed E-state index contributed by atoms with van der Waals surface area (Å²) in [4.78, 5) is 26.0. The maximum absolute atomic E-state index is 12.6. The highest BCUT2D eigenvalue weighted by atomic mass is 35.5. The van der Waals surface area contributed by atoms with Gasteiger partial charge in [0.2, 0.25) is 5.91 Å². The van der Waals surface area contributed by atoms with E-state index >= 15 is 0 Å². The van der Waals surface area contributed by atoms with Crippen LogP contribution in [0, 0.1) is 13.8 Å². The lowest BCUT2D eigenvalue weighted by molar-refractivity contribution is -0.122. The molecule has 1 aromatic heterocycles. The number of anilines is 1. The average molecular weight is 304 g/mol. The van der Waals surface area contributed by atoms with Crippen molar-refractivity contribution in [2.45, 2.75) is 26.3 Å². The predicted molar refractivity (Wildman–Crippen MR) is 79.3 cm³/mol. The van der Waals surface area contributed by atoms with Gasteiger partial charge in [0, 0.05) is 10.7 Å². The molecule has 2 aromatic rings. The molecule has 2 amide bonds. The van der Waals surface area contributed by atoms with Crippen LogP contribution in [0.4, 0.5) is 5.69 Å². The molecule has 1 fully saturated rings. The van der Waals surface area contributed by atoms with Crippen LogP contribution in [0.25, 0.3) is 0 Å². The Kier molecular flexibility index (Phi) is 3.29. The second-order valence-corrected chi connectivity index (χ2v) is 5.58. The number of rotatable bonds is 2. The van der Waals surface area contributed by atoms with Gasteiger partial charge >= 0.3 is 0 Å². The van der Waals surface area contributed by atoms with Crippen LogP contribution in [0.15, 0.2) is 30.3 Å². The minimum absolute atomic E-state index is 0.118. The predicted octanol–water partition coefficient (Wildman–Crippen LogP) is 2.66. The maximum Gasteiger partial charge on any atom is 0.259 e. The zero-order chi connectivity index (χ0) is 15.1. The van der Waals surface area contributed by atoms with Gasteiger partial charge in [-0.15, -0.1) is 0 Å². The van der Waals surface area contributed by atoms with Gasteiger partial charge in [-0.3, -0.25) is 14.3 Å². The quantitative estimate of drug-likeness (QED) is 0.802. The molecule has 21 heavy (non-hydrogen) atoms. The first-order valence-electron chi connectivity index (χ1n) is 6.62. The number of aromatic nitrogens is 2. The van der Waals surface area contributed by atoms with Crippen molar-refractivity contribution < 1.29 is 9.59 Å². The fourth-order valence-corrected chi connectivity index (χ4v) is 2.84. The summed E-state index contributed by atoms with van der Waals surface area (Å²) in [5, 5.41) is 4.80. The molecule has 0 saturated carbocycles. The molecular weight excluding hydrogens is 290 g/mol. The molecule has 0 bridgehead atoms. The fraction of sp³-hybridized carbons (Fsp3) is 0.267. The zero-order valence-corrected chi connectivity index (χ0v) is 12.5. The monoisotopic (exact) mass is 303 g/mol. The van der Waals surface area contributed by atoms with Crippen LogP contribution in [0.5, 0.6) is 0 Å². The number of aryl methyl sites for hydroxylation is 2. The number of halogens is 1. The normalized spacial score (nSPS) is 18.6. The topological polar surface area (TPSA) is 55.2 Å². The summed E-state index contributed by atoms with van der Waals surface area (Å²) in [6.07, 6.45) is 0.118. The number of carbonyl (C=O) groups is 2. The molecule has 1 aliphatic rings. The molecule has 1 atom stereocenters. The minimum Gasteiger partial charge on any atom is -0.274 e. The van der Waals surface area contributed by atoms with Crippen LogP contribution < -0.4 is 4.90 Å². The first-order chi connectivity index (χ1) is 9.97. The molecule has 0 N–H and O–H groups in total. The molecule has 6 heteroatoms. The van der Waals surface area contributed by atoms with Crippen molar-refractivity contribution in [2.75, 3.05) is 4.90 Å². The summed E-state index contributed by atoms with van der Waals surface area (Å²) in [5.41, 5.74) is 2.20. The molecular formula is C15H14ClN3O2. The number of hydrogen-bond donors (Lipinski definition) is 0. The van der Waals surface area contributed by atoms with Gasteiger partial charge in [0.25, 0.3) is 5.91 Å². The summed E-state index contributed by atoms with van der Waals surface area (Å²) in [6.45, 7) is 3.74. The number of nitrogens with zero attached hydrogens (tertiary/aromatic N) is 3. The molecule has 1 saturated heterocycles. The summed E-state index contributed by atoms with van der Waals surface area (Å²) >= 11 is 5.93. The largest absolute Gasteiger partial charge is 0.274 e. The van der Waals surface area contributed by atoms with E-state index in [4.69, 9.17) is 11.6 Å². The highest BCUT2D eigenvalue weighted by molar-refractivity contribution is 6.31. The molecule has 0 spiro atoms. The van der Waals surface area contributed by atoms with E-state index in [2.05, 4.69) is 5.10 Å². The van der Waals surface area contributed by atoms with Crippen molar-refractivity contribution in [3.05, 3.63) is 46.7 Å². The van der Waals surface area contributed by atoms with Crippen molar-refractivity contribution in [1.29, 1.82) is 0 Å².